The number of nitrogens with zero attached hydrogens (tertiary/aromatic N) is 4. The Hall–Kier alpha value is -2.54. The lowest BCUT2D eigenvalue weighted by Gasteiger charge is -2.37. The highest BCUT2D eigenvalue weighted by Gasteiger charge is 2.37. The van der Waals surface area contributed by atoms with Crippen molar-refractivity contribution in [2.45, 2.75) is 38.4 Å². The first-order chi connectivity index (χ1) is 13.7. The maximum atomic E-state index is 13.1. The number of piperidine rings is 1. The Balaban J connectivity index is 1.61. The number of amides is 1. The largest absolute Gasteiger partial charge is 0.478 e. The summed E-state index contributed by atoms with van der Waals surface area (Å²) in [6.45, 7) is 4.72. The Morgan fingerprint density at radius 2 is 1.90 bits per heavy atom. The fourth-order valence-corrected chi connectivity index (χ4v) is 3.35. The standard InChI is InChI=1S/C21H27ClN4O3/c1-21(2,29-16-9-7-15(22)8-10-16)20(27)26-13-5-6-17(14-26)28-19-12-11-18(23-24-19)25(3)4/h7-12,17H,5-6,13-14H2,1-4H3. The predicted octanol–water partition coefficient (Wildman–Crippen LogP) is 3.42. The van der Waals surface area contributed by atoms with Gasteiger partial charge >= 0.3 is 0 Å². The Bertz CT molecular complexity index is 825. The summed E-state index contributed by atoms with van der Waals surface area (Å²) >= 11 is 5.92. The minimum Gasteiger partial charge on any atom is -0.478 e. The summed E-state index contributed by atoms with van der Waals surface area (Å²) in [5, 5.41) is 8.88. The van der Waals surface area contributed by atoms with Gasteiger partial charge in [-0.15, -0.1) is 10.2 Å². The van der Waals surface area contributed by atoms with Crippen LogP contribution in [0.1, 0.15) is 26.7 Å². The first-order valence-corrected chi connectivity index (χ1v) is 10.0. The molecule has 7 nitrogen and oxygen atoms in total. The maximum Gasteiger partial charge on any atom is 0.266 e. The molecule has 2 aromatic rings. The second kappa shape index (κ2) is 8.86. The highest BCUT2D eigenvalue weighted by atomic mass is 35.5. The molecule has 2 heterocycles. The number of hydrogen-bond donors (Lipinski definition) is 0. The number of aromatic nitrogens is 2. The van der Waals surface area contributed by atoms with Crippen molar-refractivity contribution in [3.05, 3.63) is 41.4 Å². The molecule has 0 radical (unpaired) electrons. The van der Waals surface area contributed by atoms with Crippen molar-refractivity contribution in [1.29, 1.82) is 0 Å². The van der Waals surface area contributed by atoms with Crippen LogP contribution in [0.4, 0.5) is 5.82 Å². The SMILES string of the molecule is CN(C)c1ccc(OC2CCCN(C(=O)C(C)(C)Oc3ccc(Cl)cc3)C2)nn1. The molecule has 156 valence electrons. The number of carbonyl (C=O) groups excluding carboxylic acids is 1. The monoisotopic (exact) mass is 418 g/mol. The zero-order valence-electron chi connectivity index (χ0n) is 17.3. The molecule has 3 rings (SSSR count). The minimum absolute atomic E-state index is 0.0743. The van der Waals surface area contributed by atoms with Gasteiger partial charge in [-0.25, -0.2) is 0 Å². The van der Waals surface area contributed by atoms with E-state index in [-0.39, 0.29) is 12.0 Å². The Labute approximate surface area is 176 Å². The van der Waals surface area contributed by atoms with Gasteiger partial charge in [0.2, 0.25) is 5.88 Å². The molecule has 1 amide bonds. The quantitative estimate of drug-likeness (QED) is 0.716. The van der Waals surface area contributed by atoms with Crippen molar-refractivity contribution in [3.63, 3.8) is 0 Å². The van der Waals surface area contributed by atoms with Gasteiger partial charge in [0.25, 0.3) is 5.91 Å². The van der Waals surface area contributed by atoms with Crippen LogP contribution in [0.2, 0.25) is 5.02 Å². The Morgan fingerprint density at radius 3 is 2.52 bits per heavy atom. The number of halogens is 1. The average Bonchev–Trinajstić information content (AvgIpc) is 2.69. The maximum absolute atomic E-state index is 13.1. The smallest absolute Gasteiger partial charge is 0.266 e. The van der Waals surface area contributed by atoms with Gasteiger partial charge in [0.1, 0.15) is 11.9 Å². The van der Waals surface area contributed by atoms with E-state index >= 15 is 0 Å². The van der Waals surface area contributed by atoms with E-state index in [1.165, 1.54) is 0 Å². The second-order valence-electron chi connectivity index (χ2n) is 7.82. The molecule has 1 aromatic carbocycles. The first kappa shape index (κ1) is 21.2. The van der Waals surface area contributed by atoms with Crippen LogP contribution in [0.15, 0.2) is 36.4 Å². The molecule has 1 aromatic heterocycles. The van der Waals surface area contributed by atoms with E-state index in [0.29, 0.717) is 29.7 Å². The highest BCUT2D eigenvalue weighted by molar-refractivity contribution is 6.30. The predicted molar refractivity (Wildman–Crippen MR) is 113 cm³/mol. The van der Waals surface area contributed by atoms with Gasteiger partial charge in [-0.05, 0) is 57.0 Å². The summed E-state index contributed by atoms with van der Waals surface area (Å²) in [6, 6.07) is 10.7. The van der Waals surface area contributed by atoms with Crippen LogP contribution in [0.25, 0.3) is 0 Å². The number of likely N-dealkylation sites (tertiary alicyclic amines) is 1. The van der Waals surface area contributed by atoms with Crippen molar-refractivity contribution < 1.29 is 14.3 Å². The lowest BCUT2D eigenvalue weighted by molar-refractivity contribution is -0.148. The van der Waals surface area contributed by atoms with Crippen molar-refractivity contribution in [2.75, 3.05) is 32.1 Å². The minimum atomic E-state index is -0.997. The lowest BCUT2D eigenvalue weighted by Crippen LogP contribution is -2.53. The molecular weight excluding hydrogens is 392 g/mol. The number of ether oxygens (including phenoxy) is 2. The Kier molecular flexibility index (Phi) is 6.47. The van der Waals surface area contributed by atoms with E-state index in [2.05, 4.69) is 10.2 Å². The average molecular weight is 419 g/mol. The topological polar surface area (TPSA) is 67.8 Å². The van der Waals surface area contributed by atoms with E-state index in [9.17, 15) is 4.79 Å². The number of benzene rings is 1. The summed E-state index contributed by atoms with van der Waals surface area (Å²) in [5.74, 6) is 1.76. The van der Waals surface area contributed by atoms with Gasteiger partial charge in [0.15, 0.2) is 11.4 Å². The molecule has 0 N–H and O–H groups in total. The molecule has 1 aliphatic rings. The van der Waals surface area contributed by atoms with Crippen LogP contribution < -0.4 is 14.4 Å². The van der Waals surface area contributed by atoms with Gasteiger partial charge in [-0.1, -0.05) is 11.6 Å². The van der Waals surface area contributed by atoms with Gasteiger partial charge < -0.3 is 19.3 Å². The fourth-order valence-electron chi connectivity index (χ4n) is 3.23. The first-order valence-electron chi connectivity index (χ1n) is 9.66. The van der Waals surface area contributed by atoms with Gasteiger partial charge in [0, 0.05) is 31.7 Å². The van der Waals surface area contributed by atoms with E-state index < -0.39 is 5.60 Å². The van der Waals surface area contributed by atoms with Crippen LogP contribution in [0.5, 0.6) is 11.6 Å². The third kappa shape index (κ3) is 5.50. The molecule has 1 aliphatic heterocycles. The lowest BCUT2D eigenvalue weighted by atomic mass is 10.0. The van der Waals surface area contributed by atoms with E-state index in [0.717, 1.165) is 18.7 Å². The Morgan fingerprint density at radius 1 is 1.17 bits per heavy atom. The zero-order chi connectivity index (χ0) is 21.0. The van der Waals surface area contributed by atoms with Crippen LogP contribution in [-0.4, -0.2) is 59.9 Å². The number of hydrogen-bond acceptors (Lipinski definition) is 6. The molecule has 1 atom stereocenters. The molecule has 0 bridgehead atoms. The van der Waals surface area contributed by atoms with Gasteiger partial charge in [-0.3, -0.25) is 4.79 Å². The summed E-state index contributed by atoms with van der Waals surface area (Å²) in [4.78, 5) is 16.8. The fraction of sp³-hybridized carbons (Fsp3) is 0.476. The molecule has 0 spiro atoms. The number of carbonyl (C=O) groups is 1. The van der Waals surface area contributed by atoms with Crippen LogP contribution >= 0.6 is 11.6 Å². The summed E-state index contributed by atoms with van der Waals surface area (Å²) in [6.07, 6.45) is 1.59. The van der Waals surface area contributed by atoms with Gasteiger partial charge in [-0.2, -0.15) is 0 Å². The molecule has 8 heteroatoms. The second-order valence-corrected chi connectivity index (χ2v) is 8.26. The normalized spacial score (nSPS) is 17.0. The van der Waals surface area contributed by atoms with Gasteiger partial charge in [0.05, 0.1) is 6.54 Å². The number of anilines is 1. The van der Waals surface area contributed by atoms with Crippen molar-refractivity contribution in [3.8, 4) is 11.6 Å². The van der Waals surface area contributed by atoms with Crippen LogP contribution in [0, 0.1) is 0 Å². The third-order valence-corrected chi connectivity index (χ3v) is 4.99. The van der Waals surface area contributed by atoms with Crippen molar-refractivity contribution in [1.82, 2.24) is 15.1 Å². The number of rotatable bonds is 6. The molecule has 1 unspecified atom stereocenters. The van der Waals surface area contributed by atoms with E-state index in [4.69, 9.17) is 21.1 Å². The molecule has 0 saturated carbocycles. The summed E-state index contributed by atoms with van der Waals surface area (Å²) in [7, 11) is 3.81. The van der Waals surface area contributed by atoms with Crippen molar-refractivity contribution >= 4 is 23.3 Å². The zero-order valence-corrected chi connectivity index (χ0v) is 18.0. The third-order valence-electron chi connectivity index (χ3n) is 4.74. The summed E-state index contributed by atoms with van der Waals surface area (Å²) in [5.41, 5.74) is -0.997. The van der Waals surface area contributed by atoms with Crippen LogP contribution in [-0.2, 0) is 4.79 Å². The molecule has 1 fully saturated rings. The molecule has 0 aliphatic carbocycles. The van der Waals surface area contributed by atoms with Crippen molar-refractivity contribution in [2.24, 2.45) is 0 Å². The van der Waals surface area contributed by atoms with E-state index in [1.807, 2.05) is 25.1 Å². The highest BCUT2D eigenvalue weighted by Crippen LogP contribution is 2.25. The summed E-state index contributed by atoms with van der Waals surface area (Å²) < 4.78 is 11.9. The molecular formula is C21H27ClN4O3. The molecule has 29 heavy (non-hydrogen) atoms. The molecule has 1 saturated heterocycles. The van der Waals surface area contributed by atoms with E-state index in [1.54, 1.807) is 49.1 Å². The van der Waals surface area contributed by atoms with Crippen LogP contribution in [0.3, 0.4) is 0 Å².